The first-order chi connectivity index (χ1) is 14.2. The second kappa shape index (κ2) is 11.1. The summed E-state index contributed by atoms with van der Waals surface area (Å²) in [6.45, 7) is 5.28. The van der Waals surface area contributed by atoms with Gasteiger partial charge >= 0.3 is 5.97 Å². The summed E-state index contributed by atoms with van der Waals surface area (Å²) in [7, 11) is 0. The van der Waals surface area contributed by atoms with Gasteiger partial charge in [-0.25, -0.2) is 4.39 Å². The van der Waals surface area contributed by atoms with Gasteiger partial charge in [0.2, 0.25) is 0 Å². The van der Waals surface area contributed by atoms with E-state index in [1.54, 1.807) is 0 Å². The Morgan fingerprint density at radius 2 is 1.73 bits per heavy atom. The molecule has 0 spiro atoms. The molecule has 0 fully saturated rings. The van der Waals surface area contributed by atoms with Gasteiger partial charge in [0, 0.05) is 5.56 Å². The van der Waals surface area contributed by atoms with Crippen molar-refractivity contribution in [3.63, 3.8) is 0 Å². The fourth-order valence-electron chi connectivity index (χ4n) is 2.86. The van der Waals surface area contributed by atoms with E-state index in [0.717, 1.165) is 18.1 Å². The van der Waals surface area contributed by atoms with Crippen molar-refractivity contribution in [2.24, 2.45) is 5.92 Å². The summed E-state index contributed by atoms with van der Waals surface area (Å²) in [4.78, 5) is 35.6. The Hall–Kier alpha value is -3.22. The highest BCUT2D eigenvalue weighted by atomic mass is 19.1. The van der Waals surface area contributed by atoms with Gasteiger partial charge in [-0.15, -0.1) is 0 Å². The lowest BCUT2D eigenvalue weighted by atomic mass is 10.00. The molecular formula is C23H27FN2O4. The second-order valence-corrected chi connectivity index (χ2v) is 7.48. The van der Waals surface area contributed by atoms with E-state index in [0.29, 0.717) is 5.92 Å². The van der Waals surface area contributed by atoms with Crippen LogP contribution in [0.25, 0.3) is 0 Å². The molecule has 0 aliphatic rings. The quantitative estimate of drug-likeness (QED) is 0.618. The first-order valence-electron chi connectivity index (χ1n) is 9.82. The number of rotatable bonds is 9. The number of halogens is 1. The normalized spacial score (nSPS) is 11.6. The Labute approximate surface area is 175 Å². The lowest BCUT2D eigenvalue weighted by Crippen LogP contribution is -2.34. The summed E-state index contributed by atoms with van der Waals surface area (Å²) in [6, 6.07) is 12.9. The molecule has 30 heavy (non-hydrogen) atoms. The summed E-state index contributed by atoms with van der Waals surface area (Å²) in [5.74, 6) is -1.79. The summed E-state index contributed by atoms with van der Waals surface area (Å²) >= 11 is 0. The average molecular weight is 414 g/mol. The predicted octanol–water partition coefficient (Wildman–Crippen LogP) is 3.17. The van der Waals surface area contributed by atoms with Crippen LogP contribution >= 0.6 is 0 Å². The van der Waals surface area contributed by atoms with E-state index in [1.165, 1.54) is 23.8 Å². The van der Waals surface area contributed by atoms with Gasteiger partial charge in [0.1, 0.15) is 12.4 Å². The minimum absolute atomic E-state index is 0.0915. The van der Waals surface area contributed by atoms with Crippen molar-refractivity contribution in [3.05, 3.63) is 71.0 Å². The molecule has 0 aliphatic carbocycles. The second-order valence-electron chi connectivity index (χ2n) is 7.48. The molecule has 0 bridgehead atoms. The highest BCUT2D eigenvalue weighted by Crippen LogP contribution is 2.15. The number of nitrogens with one attached hydrogen (secondary N) is 2. The van der Waals surface area contributed by atoms with Crippen molar-refractivity contribution in [2.75, 3.05) is 13.2 Å². The molecule has 2 N–H and O–H groups in total. The van der Waals surface area contributed by atoms with E-state index in [2.05, 4.69) is 24.5 Å². The molecule has 0 saturated carbocycles. The van der Waals surface area contributed by atoms with Gasteiger partial charge in [-0.1, -0.05) is 44.2 Å². The summed E-state index contributed by atoms with van der Waals surface area (Å²) < 4.78 is 18.0. The van der Waals surface area contributed by atoms with E-state index in [4.69, 9.17) is 4.74 Å². The van der Waals surface area contributed by atoms with Crippen LogP contribution in [0.3, 0.4) is 0 Å². The van der Waals surface area contributed by atoms with Gasteiger partial charge in [-0.2, -0.15) is 0 Å². The van der Waals surface area contributed by atoms with Crippen LogP contribution in [0.4, 0.5) is 4.39 Å². The van der Waals surface area contributed by atoms with Gasteiger partial charge in [0.15, 0.2) is 6.61 Å². The highest BCUT2D eigenvalue weighted by Gasteiger charge is 2.14. The zero-order valence-electron chi connectivity index (χ0n) is 17.4. The van der Waals surface area contributed by atoms with Crippen LogP contribution in [0, 0.1) is 11.7 Å². The maximum Gasteiger partial charge on any atom is 0.325 e. The molecule has 6 nitrogen and oxygen atoms in total. The lowest BCUT2D eigenvalue weighted by molar-refractivity contribution is -0.147. The Kier molecular flexibility index (Phi) is 8.53. The van der Waals surface area contributed by atoms with Crippen molar-refractivity contribution >= 4 is 17.8 Å². The Bertz CT molecular complexity index is 881. The Morgan fingerprint density at radius 1 is 1.03 bits per heavy atom. The van der Waals surface area contributed by atoms with E-state index < -0.39 is 36.8 Å². The molecule has 0 aromatic heterocycles. The highest BCUT2D eigenvalue weighted by molar-refractivity contribution is 5.96. The number of benzene rings is 2. The Balaban J connectivity index is 1.73. The molecule has 2 aromatic carbocycles. The SMILES string of the molecule is CC(C)Cc1ccc([C@@H](C)NC(=O)COC(=O)CNC(=O)c2cccc(F)c2)cc1. The van der Waals surface area contributed by atoms with E-state index in [1.807, 2.05) is 31.2 Å². The fraction of sp³-hybridized carbons (Fsp3) is 0.348. The summed E-state index contributed by atoms with van der Waals surface area (Å²) in [5, 5.41) is 5.09. The van der Waals surface area contributed by atoms with Gasteiger partial charge in [0.25, 0.3) is 11.8 Å². The number of ether oxygens (including phenoxy) is 1. The number of amides is 2. The molecule has 2 amide bonds. The maximum atomic E-state index is 13.1. The van der Waals surface area contributed by atoms with Crippen LogP contribution in [0.5, 0.6) is 0 Å². The van der Waals surface area contributed by atoms with Crippen molar-refractivity contribution in [3.8, 4) is 0 Å². The summed E-state index contributed by atoms with van der Waals surface area (Å²) in [5.41, 5.74) is 2.28. The van der Waals surface area contributed by atoms with E-state index in [9.17, 15) is 18.8 Å². The third kappa shape index (κ3) is 7.66. The number of esters is 1. The minimum atomic E-state index is -0.763. The van der Waals surface area contributed by atoms with Crippen molar-refractivity contribution in [1.29, 1.82) is 0 Å². The predicted molar refractivity (Wildman–Crippen MR) is 111 cm³/mol. The van der Waals surface area contributed by atoms with Crippen LogP contribution in [-0.2, 0) is 20.7 Å². The molecule has 0 radical (unpaired) electrons. The molecule has 2 rings (SSSR count). The minimum Gasteiger partial charge on any atom is -0.454 e. The first kappa shape index (κ1) is 23.1. The molecule has 1 atom stereocenters. The van der Waals surface area contributed by atoms with Crippen molar-refractivity contribution < 1.29 is 23.5 Å². The third-order valence-corrected chi connectivity index (χ3v) is 4.35. The van der Waals surface area contributed by atoms with E-state index in [-0.39, 0.29) is 11.6 Å². The molecule has 0 heterocycles. The lowest BCUT2D eigenvalue weighted by Gasteiger charge is -2.15. The Morgan fingerprint density at radius 3 is 2.37 bits per heavy atom. The number of carbonyl (C=O) groups is 3. The molecular weight excluding hydrogens is 387 g/mol. The van der Waals surface area contributed by atoms with Crippen molar-refractivity contribution in [2.45, 2.75) is 33.2 Å². The fourth-order valence-corrected chi connectivity index (χ4v) is 2.86. The van der Waals surface area contributed by atoms with Gasteiger partial charge < -0.3 is 15.4 Å². The molecule has 7 heteroatoms. The first-order valence-corrected chi connectivity index (χ1v) is 9.82. The topological polar surface area (TPSA) is 84.5 Å². The molecule has 0 aliphatic heterocycles. The molecule has 2 aromatic rings. The molecule has 0 saturated heterocycles. The summed E-state index contributed by atoms with van der Waals surface area (Å²) in [6.07, 6.45) is 0.993. The maximum absolute atomic E-state index is 13.1. The van der Waals surface area contributed by atoms with Gasteiger partial charge in [-0.05, 0) is 48.6 Å². The monoisotopic (exact) mass is 414 g/mol. The zero-order chi connectivity index (χ0) is 22.1. The zero-order valence-corrected chi connectivity index (χ0v) is 17.4. The number of hydrogen-bond acceptors (Lipinski definition) is 4. The van der Waals surface area contributed by atoms with Crippen LogP contribution in [0.2, 0.25) is 0 Å². The van der Waals surface area contributed by atoms with E-state index >= 15 is 0 Å². The van der Waals surface area contributed by atoms with Crippen molar-refractivity contribution in [1.82, 2.24) is 10.6 Å². The van der Waals surface area contributed by atoms with Crippen LogP contribution in [0.1, 0.15) is 48.3 Å². The molecule has 0 unspecified atom stereocenters. The van der Waals surface area contributed by atoms with Crippen LogP contribution < -0.4 is 10.6 Å². The number of hydrogen-bond donors (Lipinski definition) is 2. The van der Waals surface area contributed by atoms with Gasteiger partial charge in [0.05, 0.1) is 6.04 Å². The van der Waals surface area contributed by atoms with Crippen LogP contribution in [0.15, 0.2) is 48.5 Å². The third-order valence-electron chi connectivity index (χ3n) is 4.35. The smallest absolute Gasteiger partial charge is 0.325 e. The molecule has 160 valence electrons. The van der Waals surface area contributed by atoms with Crippen LogP contribution in [-0.4, -0.2) is 30.9 Å². The average Bonchev–Trinajstić information content (AvgIpc) is 2.70. The number of carbonyl (C=O) groups excluding carboxylic acids is 3. The largest absolute Gasteiger partial charge is 0.454 e. The van der Waals surface area contributed by atoms with Gasteiger partial charge in [-0.3, -0.25) is 14.4 Å². The standard InChI is InChI=1S/C23H27FN2O4/c1-15(2)11-17-7-9-18(10-8-17)16(3)26-21(27)14-30-22(28)13-25-23(29)19-5-4-6-20(24)12-19/h4-10,12,15-16H,11,13-14H2,1-3H3,(H,25,29)(H,26,27)/t16-/m1/s1.